The van der Waals surface area contributed by atoms with Gasteiger partial charge in [0, 0.05) is 26.1 Å². The Bertz CT molecular complexity index is 1730. The molecule has 238 valence electrons. The van der Waals surface area contributed by atoms with Gasteiger partial charge in [0.1, 0.15) is 5.52 Å². The van der Waals surface area contributed by atoms with Gasteiger partial charge < -0.3 is 5.11 Å². The summed E-state index contributed by atoms with van der Waals surface area (Å²) in [5.74, 6) is -1.83. The van der Waals surface area contributed by atoms with Gasteiger partial charge in [-0.2, -0.15) is 22.6 Å². The molecule has 3 heterocycles. The average molecular weight is 635 g/mol. The molecule has 2 aromatic carbocycles. The van der Waals surface area contributed by atoms with Crippen LogP contribution in [0.1, 0.15) is 67.3 Å². The Labute approximate surface area is 255 Å². The van der Waals surface area contributed by atoms with E-state index >= 15 is 0 Å². The number of alkyl halides is 3. The minimum absolute atomic E-state index is 0.0328. The highest BCUT2D eigenvalue weighted by Crippen LogP contribution is 2.57. The van der Waals surface area contributed by atoms with E-state index in [1.54, 1.807) is 36.3 Å². The highest BCUT2D eigenvalue weighted by Gasteiger charge is 2.42. The summed E-state index contributed by atoms with van der Waals surface area (Å²) >= 11 is 0. The number of carboxylic acid groups (broad SMARTS) is 1. The number of aliphatic carboxylic acids is 1. The Kier molecular flexibility index (Phi) is 8.10. The number of rotatable bonds is 7. The van der Waals surface area contributed by atoms with Crippen molar-refractivity contribution in [2.75, 3.05) is 6.54 Å². The number of halogens is 3. The third-order valence-corrected chi connectivity index (χ3v) is 10.6. The summed E-state index contributed by atoms with van der Waals surface area (Å²) in [6.07, 6.45) is -4.25. The van der Waals surface area contributed by atoms with E-state index in [1.807, 2.05) is 32.9 Å². The average Bonchev–Trinajstić information content (AvgIpc) is 3.49. The highest BCUT2D eigenvalue weighted by atomic mass is 32.3. The van der Waals surface area contributed by atoms with Crippen LogP contribution in [0.5, 0.6) is 0 Å². The molecule has 5 rings (SSSR count). The maximum atomic E-state index is 13.6. The Morgan fingerprint density at radius 2 is 1.86 bits per heavy atom. The summed E-state index contributed by atoms with van der Waals surface area (Å²) < 4.78 is 68.3. The molecule has 4 aromatic rings. The van der Waals surface area contributed by atoms with E-state index in [-0.39, 0.29) is 23.9 Å². The molecule has 2 atom stereocenters. The van der Waals surface area contributed by atoms with Crippen molar-refractivity contribution in [1.29, 1.82) is 0 Å². The summed E-state index contributed by atoms with van der Waals surface area (Å²) in [5, 5.41) is 23.6. The van der Waals surface area contributed by atoms with Crippen LogP contribution in [-0.4, -0.2) is 55.8 Å². The number of hydrogen-bond acceptors (Lipinski definition) is 7. The zero-order chi connectivity index (χ0) is 32.4. The van der Waals surface area contributed by atoms with Crippen LogP contribution in [0.4, 0.5) is 13.2 Å². The molecule has 2 aromatic heterocycles. The predicted molar refractivity (Wildman–Crippen MR) is 160 cm³/mol. The van der Waals surface area contributed by atoms with Crippen molar-refractivity contribution < 1.29 is 32.2 Å². The van der Waals surface area contributed by atoms with Gasteiger partial charge in [0.2, 0.25) is 0 Å². The van der Waals surface area contributed by atoms with Gasteiger partial charge >= 0.3 is 12.1 Å². The van der Waals surface area contributed by atoms with Crippen molar-refractivity contribution in [1.82, 2.24) is 29.1 Å². The molecule has 0 saturated carbocycles. The standard InChI is InChI=1S/C30H37F3N6O4S/c1-7-39-24-11-10-22(18(3)27(24)34-36-39)26(29(4,5)28(40)41)23-14-21(37(6)35-23)16-38-15-17(2)12-19-8-9-20(30(31,32)33)13-25(19)44(38,42)43/h8-11,13-14,17,26,42-43H,7,12,15-16H2,1-6H3,(H,40,41)/t17-,26+/m0/s1. The first kappa shape index (κ1) is 31.9. The number of aromatic nitrogens is 5. The first-order valence-corrected chi connectivity index (χ1v) is 15.8. The van der Waals surface area contributed by atoms with E-state index in [4.69, 9.17) is 5.10 Å². The van der Waals surface area contributed by atoms with Crippen LogP contribution in [0.2, 0.25) is 0 Å². The molecule has 1 aliphatic rings. The molecular formula is C30H37F3N6O4S. The quantitative estimate of drug-likeness (QED) is 0.211. The summed E-state index contributed by atoms with van der Waals surface area (Å²) in [6.45, 7) is 9.80. The van der Waals surface area contributed by atoms with E-state index in [0.29, 0.717) is 35.4 Å². The van der Waals surface area contributed by atoms with Crippen LogP contribution < -0.4 is 0 Å². The van der Waals surface area contributed by atoms with Gasteiger partial charge in [-0.05, 0) is 81.0 Å². The molecule has 0 unspecified atom stereocenters. The molecule has 0 spiro atoms. The Morgan fingerprint density at radius 3 is 2.50 bits per heavy atom. The second-order valence-electron chi connectivity index (χ2n) is 12.2. The number of carbonyl (C=O) groups is 1. The van der Waals surface area contributed by atoms with Gasteiger partial charge in [0.05, 0.1) is 39.3 Å². The second-order valence-corrected chi connectivity index (χ2v) is 14.2. The lowest BCUT2D eigenvalue weighted by atomic mass is 9.72. The Balaban J connectivity index is 1.57. The van der Waals surface area contributed by atoms with E-state index in [9.17, 15) is 32.2 Å². The number of fused-ring (bicyclic) bond motifs is 2. The van der Waals surface area contributed by atoms with Crippen LogP contribution in [0.15, 0.2) is 41.3 Å². The largest absolute Gasteiger partial charge is 0.481 e. The summed E-state index contributed by atoms with van der Waals surface area (Å²) in [5.41, 5.74) is 2.21. The Hall–Kier alpha value is -3.46. The number of carboxylic acids is 1. The monoisotopic (exact) mass is 634 g/mol. The van der Waals surface area contributed by atoms with Crippen molar-refractivity contribution in [2.24, 2.45) is 18.4 Å². The lowest BCUT2D eigenvalue weighted by Gasteiger charge is -2.43. The third-order valence-electron chi connectivity index (χ3n) is 8.63. The SMILES string of the molecule is CCn1nnc2c(C)c([C@H](c3cc(CN4C[C@@H](C)Cc5ccc(C(F)(F)F)cc5S4(O)O)n(C)n3)C(C)(C)C(=O)O)ccc21. The van der Waals surface area contributed by atoms with Crippen molar-refractivity contribution in [3.05, 3.63) is 70.0 Å². The zero-order valence-corrected chi connectivity index (χ0v) is 26.2. The van der Waals surface area contributed by atoms with Crippen molar-refractivity contribution in [2.45, 2.75) is 71.1 Å². The molecule has 1 aliphatic heterocycles. The van der Waals surface area contributed by atoms with Gasteiger partial charge in [-0.25, -0.2) is 4.68 Å². The topological polar surface area (TPSA) is 130 Å². The second kappa shape index (κ2) is 11.2. The molecule has 0 radical (unpaired) electrons. The van der Waals surface area contributed by atoms with E-state index < -0.39 is 39.8 Å². The summed E-state index contributed by atoms with van der Waals surface area (Å²) in [6, 6.07) is 8.61. The van der Waals surface area contributed by atoms with E-state index in [0.717, 1.165) is 28.8 Å². The molecule has 10 nitrogen and oxygen atoms in total. The molecule has 0 saturated heterocycles. The number of benzene rings is 2. The van der Waals surface area contributed by atoms with E-state index in [1.165, 1.54) is 10.4 Å². The van der Waals surface area contributed by atoms with Crippen molar-refractivity contribution in [3.8, 4) is 0 Å². The molecule has 0 bridgehead atoms. The van der Waals surface area contributed by atoms with Crippen molar-refractivity contribution >= 4 is 27.8 Å². The molecular weight excluding hydrogens is 597 g/mol. The van der Waals surface area contributed by atoms with Crippen LogP contribution in [-0.2, 0) is 37.5 Å². The highest BCUT2D eigenvalue weighted by molar-refractivity contribution is 8.22. The fourth-order valence-corrected chi connectivity index (χ4v) is 7.95. The van der Waals surface area contributed by atoms with Gasteiger partial charge in [-0.15, -0.1) is 15.9 Å². The van der Waals surface area contributed by atoms with Crippen molar-refractivity contribution in [3.63, 3.8) is 0 Å². The number of nitrogens with zero attached hydrogens (tertiary/aromatic N) is 6. The maximum Gasteiger partial charge on any atom is 0.416 e. The first-order chi connectivity index (χ1) is 20.5. The zero-order valence-electron chi connectivity index (χ0n) is 25.4. The summed E-state index contributed by atoms with van der Waals surface area (Å²) in [7, 11) is -2.13. The van der Waals surface area contributed by atoms with Crippen LogP contribution in [0.25, 0.3) is 11.0 Å². The molecule has 3 N–H and O–H groups in total. The van der Waals surface area contributed by atoms with Gasteiger partial charge in [0.25, 0.3) is 0 Å². The molecule has 0 amide bonds. The molecule has 14 heteroatoms. The lowest BCUT2D eigenvalue weighted by Crippen LogP contribution is -2.33. The van der Waals surface area contributed by atoms with Crippen LogP contribution in [0.3, 0.4) is 0 Å². The molecule has 0 fully saturated rings. The number of aryl methyl sites for hydroxylation is 3. The number of hydrogen-bond donors (Lipinski definition) is 3. The van der Waals surface area contributed by atoms with Gasteiger partial charge in [-0.3, -0.25) is 18.6 Å². The smallest absolute Gasteiger partial charge is 0.416 e. The predicted octanol–water partition coefficient (Wildman–Crippen LogP) is 6.47. The van der Waals surface area contributed by atoms with Gasteiger partial charge in [-0.1, -0.05) is 24.3 Å². The van der Waals surface area contributed by atoms with Crippen LogP contribution in [0, 0.1) is 18.3 Å². The van der Waals surface area contributed by atoms with Gasteiger partial charge in [0.15, 0.2) is 0 Å². The molecule has 0 aliphatic carbocycles. The minimum atomic E-state index is -4.64. The third kappa shape index (κ3) is 5.48. The minimum Gasteiger partial charge on any atom is -0.481 e. The Morgan fingerprint density at radius 1 is 1.16 bits per heavy atom. The lowest BCUT2D eigenvalue weighted by molar-refractivity contribution is -0.147. The van der Waals surface area contributed by atoms with Crippen LogP contribution >= 0.6 is 10.8 Å². The van der Waals surface area contributed by atoms with E-state index in [2.05, 4.69) is 10.3 Å². The molecule has 44 heavy (non-hydrogen) atoms. The fraction of sp³-hybridized carbons (Fsp3) is 0.467. The summed E-state index contributed by atoms with van der Waals surface area (Å²) in [4.78, 5) is 12.5. The fourth-order valence-electron chi connectivity index (χ4n) is 6.11. The normalized spacial score (nSPS) is 19.0. The maximum absolute atomic E-state index is 13.6. The first-order valence-electron chi connectivity index (χ1n) is 14.3.